The number of aromatic amines is 1. The normalized spacial score (nSPS) is 16.6. The number of carbonyl (C=O) groups is 2. The highest BCUT2D eigenvalue weighted by Crippen LogP contribution is 2.28. The van der Waals surface area contributed by atoms with Gasteiger partial charge in [-0.15, -0.1) is 0 Å². The van der Waals surface area contributed by atoms with Crippen LogP contribution in [-0.4, -0.2) is 34.1 Å². The first kappa shape index (κ1) is 14.6. The Morgan fingerprint density at radius 3 is 2.73 bits per heavy atom. The molecule has 22 heavy (non-hydrogen) atoms. The Bertz CT molecular complexity index is 701. The van der Waals surface area contributed by atoms with Gasteiger partial charge in [0.25, 0.3) is 0 Å². The van der Waals surface area contributed by atoms with Crippen molar-refractivity contribution >= 4 is 28.4 Å². The minimum absolute atomic E-state index is 0.121. The first-order valence-electron chi connectivity index (χ1n) is 7.44. The number of nitrogens with one attached hydrogen (secondary N) is 3. The second-order valence-corrected chi connectivity index (χ2v) is 5.85. The lowest BCUT2D eigenvalue weighted by Crippen LogP contribution is -2.44. The Morgan fingerprint density at radius 2 is 1.95 bits per heavy atom. The molecule has 0 unspecified atom stereocenters. The summed E-state index contributed by atoms with van der Waals surface area (Å²) in [7, 11) is 0. The standard InChI is InChI=1S/C16H19N3O3/c20-14(18-10-16(22)6-1-2-7-16)15(21)19-12-3-4-13-11(9-12)5-8-17-13/h3-5,8-9,17,22H,1-2,6-7,10H2,(H,18,20)(H,19,21). The van der Waals surface area contributed by atoms with Crippen LogP contribution in [0.4, 0.5) is 5.69 Å². The van der Waals surface area contributed by atoms with E-state index in [2.05, 4.69) is 15.6 Å². The van der Waals surface area contributed by atoms with Crippen molar-refractivity contribution in [2.45, 2.75) is 31.3 Å². The quantitative estimate of drug-likeness (QED) is 0.648. The Hall–Kier alpha value is -2.34. The lowest BCUT2D eigenvalue weighted by molar-refractivity contribution is -0.136. The van der Waals surface area contributed by atoms with E-state index in [0.29, 0.717) is 18.5 Å². The highest BCUT2D eigenvalue weighted by atomic mass is 16.3. The highest BCUT2D eigenvalue weighted by molar-refractivity contribution is 6.39. The van der Waals surface area contributed by atoms with Crippen LogP contribution in [-0.2, 0) is 9.59 Å². The maximum absolute atomic E-state index is 11.9. The van der Waals surface area contributed by atoms with Gasteiger partial charge in [0.15, 0.2) is 0 Å². The predicted octanol–water partition coefficient (Wildman–Crippen LogP) is 1.53. The molecule has 0 bridgehead atoms. The van der Waals surface area contributed by atoms with Crippen molar-refractivity contribution in [3.63, 3.8) is 0 Å². The van der Waals surface area contributed by atoms with Gasteiger partial charge in [0, 0.05) is 29.3 Å². The third-order valence-corrected chi connectivity index (χ3v) is 4.13. The van der Waals surface area contributed by atoms with Gasteiger partial charge < -0.3 is 20.7 Å². The van der Waals surface area contributed by atoms with Crippen LogP contribution >= 0.6 is 0 Å². The summed E-state index contributed by atoms with van der Waals surface area (Å²) in [5.74, 6) is -1.45. The maximum Gasteiger partial charge on any atom is 0.313 e. The van der Waals surface area contributed by atoms with Crippen LogP contribution in [0.1, 0.15) is 25.7 Å². The number of rotatable bonds is 3. The number of carbonyl (C=O) groups excluding carboxylic acids is 2. The van der Waals surface area contributed by atoms with Crippen LogP contribution in [0.3, 0.4) is 0 Å². The van der Waals surface area contributed by atoms with Crippen LogP contribution in [0.15, 0.2) is 30.5 Å². The Balaban J connectivity index is 1.57. The largest absolute Gasteiger partial charge is 0.388 e. The fraction of sp³-hybridized carbons (Fsp3) is 0.375. The number of anilines is 1. The Kier molecular flexibility index (Phi) is 3.85. The molecule has 0 aliphatic heterocycles. The van der Waals surface area contributed by atoms with Crippen molar-refractivity contribution in [1.29, 1.82) is 0 Å². The predicted molar refractivity (Wildman–Crippen MR) is 83.4 cm³/mol. The first-order chi connectivity index (χ1) is 10.6. The zero-order chi connectivity index (χ0) is 15.6. The van der Waals surface area contributed by atoms with Crippen molar-refractivity contribution in [2.24, 2.45) is 0 Å². The van der Waals surface area contributed by atoms with Gasteiger partial charge in [-0.05, 0) is 37.1 Å². The molecule has 6 nitrogen and oxygen atoms in total. The van der Waals surface area contributed by atoms with Gasteiger partial charge >= 0.3 is 11.8 Å². The van der Waals surface area contributed by atoms with Gasteiger partial charge in [0.1, 0.15) is 0 Å². The van der Waals surface area contributed by atoms with E-state index in [9.17, 15) is 14.7 Å². The molecule has 0 atom stereocenters. The summed E-state index contributed by atoms with van der Waals surface area (Å²) in [5, 5.41) is 16.2. The van der Waals surface area contributed by atoms with Crippen LogP contribution < -0.4 is 10.6 Å². The fourth-order valence-corrected chi connectivity index (χ4v) is 2.85. The molecule has 2 amide bonds. The topological polar surface area (TPSA) is 94.2 Å². The molecule has 1 aliphatic rings. The summed E-state index contributed by atoms with van der Waals surface area (Å²) >= 11 is 0. The zero-order valence-corrected chi connectivity index (χ0v) is 12.2. The molecule has 0 radical (unpaired) electrons. The van der Waals surface area contributed by atoms with Crippen molar-refractivity contribution in [3.8, 4) is 0 Å². The molecule has 1 fully saturated rings. The van der Waals surface area contributed by atoms with Crippen LogP contribution in [0.25, 0.3) is 10.9 Å². The molecule has 3 rings (SSSR count). The smallest absolute Gasteiger partial charge is 0.313 e. The Morgan fingerprint density at radius 1 is 1.18 bits per heavy atom. The number of aromatic nitrogens is 1. The van der Waals surface area contributed by atoms with E-state index in [-0.39, 0.29) is 6.54 Å². The molecule has 1 aromatic heterocycles. The van der Waals surface area contributed by atoms with E-state index in [1.807, 2.05) is 18.3 Å². The SMILES string of the molecule is O=C(NCC1(O)CCCC1)C(=O)Nc1ccc2[nH]ccc2c1. The minimum atomic E-state index is -0.861. The molecule has 1 heterocycles. The van der Waals surface area contributed by atoms with Gasteiger partial charge in [-0.3, -0.25) is 9.59 Å². The molecule has 4 N–H and O–H groups in total. The van der Waals surface area contributed by atoms with Crippen molar-refractivity contribution in [3.05, 3.63) is 30.5 Å². The lowest BCUT2D eigenvalue weighted by Gasteiger charge is -2.22. The van der Waals surface area contributed by atoms with Gasteiger partial charge in [-0.2, -0.15) is 0 Å². The van der Waals surface area contributed by atoms with Gasteiger partial charge in [0.05, 0.1) is 5.60 Å². The van der Waals surface area contributed by atoms with E-state index >= 15 is 0 Å². The fourth-order valence-electron chi connectivity index (χ4n) is 2.85. The van der Waals surface area contributed by atoms with E-state index < -0.39 is 17.4 Å². The van der Waals surface area contributed by atoms with Crippen LogP contribution in [0.5, 0.6) is 0 Å². The molecular weight excluding hydrogens is 282 g/mol. The highest BCUT2D eigenvalue weighted by Gasteiger charge is 2.32. The van der Waals surface area contributed by atoms with Crippen molar-refractivity contribution < 1.29 is 14.7 Å². The number of hydrogen-bond donors (Lipinski definition) is 4. The monoisotopic (exact) mass is 301 g/mol. The summed E-state index contributed by atoms with van der Waals surface area (Å²) in [6.45, 7) is 0.121. The van der Waals surface area contributed by atoms with Gasteiger partial charge in [0.2, 0.25) is 0 Å². The zero-order valence-electron chi connectivity index (χ0n) is 12.2. The molecule has 0 saturated heterocycles. The third kappa shape index (κ3) is 3.12. The van der Waals surface area contributed by atoms with E-state index in [1.165, 1.54) is 0 Å². The minimum Gasteiger partial charge on any atom is -0.388 e. The van der Waals surface area contributed by atoms with Gasteiger partial charge in [-0.1, -0.05) is 12.8 Å². The van der Waals surface area contributed by atoms with Crippen LogP contribution in [0.2, 0.25) is 0 Å². The summed E-state index contributed by atoms with van der Waals surface area (Å²) in [5.41, 5.74) is 0.665. The maximum atomic E-state index is 11.9. The van der Waals surface area contributed by atoms with Crippen molar-refractivity contribution in [1.82, 2.24) is 10.3 Å². The molecule has 0 spiro atoms. The summed E-state index contributed by atoms with van der Waals surface area (Å²) in [4.78, 5) is 26.8. The summed E-state index contributed by atoms with van der Waals surface area (Å²) in [6, 6.07) is 7.25. The van der Waals surface area contributed by atoms with Crippen molar-refractivity contribution in [2.75, 3.05) is 11.9 Å². The molecule has 116 valence electrons. The van der Waals surface area contributed by atoms with Crippen LogP contribution in [0, 0.1) is 0 Å². The van der Waals surface area contributed by atoms with E-state index in [0.717, 1.165) is 23.7 Å². The second kappa shape index (κ2) is 5.81. The Labute approximate surface area is 127 Å². The number of fused-ring (bicyclic) bond motifs is 1. The average molecular weight is 301 g/mol. The molecule has 1 aromatic carbocycles. The number of amides is 2. The first-order valence-corrected chi connectivity index (χ1v) is 7.44. The molecule has 6 heteroatoms. The van der Waals surface area contributed by atoms with E-state index in [1.54, 1.807) is 12.1 Å². The molecule has 1 saturated carbocycles. The number of benzene rings is 1. The number of hydrogen-bond acceptors (Lipinski definition) is 3. The lowest BCUT2D eigenvalue weighted by atomic mass is 10.0. The van der Waals surface area contributed by atoms with E-state index in [4.69, 9.17) is 0 Å². The number of aliphatic hydroxyl groups is 1. The molecule has 2 aromatic rings. The second-order valence-electron chi connectivity index (χ2n) is 5.85. The molecule has 1 aliphatic carbocycles. The van der Waals surface area contributed by atoms with Gasteiger partial charge in [-0.25, -0.2) is 0 Å². The summed E-state index contributed by atoms with van der Waals surface area (Å²) in [6.07, 6.45) is 5.05. The average Bonchev–Trinajstić information content (AvgIpc) is 3.13. The third-order valence-electron chi connectivity index (χ3n) is 4.13. The summed E-state index contributed by atoms with van der Waals surface area (Å²) < 4.78 is 0. The number of H-pyrrole nitrogens is 1. The molecular formula is C16H19N3O3.